The number of hydrogen-bond acceptors (Lipinski definition) is 1. The van der Waals surface area contributed by atoms with E-state index in [4.69, 9.17) is 5.11 Å². The van der Waals surface area contributed by atoms with Crippen molar-refractivity contribution in [3.05, 3.63) is 12.7 Å². The van der Waals surface area contributed by atoms with Crippen LogP contribution in [0.5, 0.6) is 0 Å². The Hall–Kier alpha value is 0.563. The summed E-state index contributed by atoms with van der Waals surface area (Å²) >= 11 is 1.38. The van der Waals surface area contributed by atoms with E-state index in [0.717, 1.165) is 6.08 Å². The van der Waals surface area contributed by atoms with Gasteiger partial charge in [0, 0.05) is 6.08 Å². The van der Waals surface area contributed by atoms with E-state index in [1.807, 2.05) is 0 Å². The Balaban J connectivity index is -0.0000000750. The van der Waals surface area contributed by atoms with Crippen LogP contribution in [0.3, 0.4) is 0 Å². The molecule has 0 aromatic heterocycles. The number of hydrogen-bond donors (Lipinski definition) is 1. The maximum absolute atomic E-state index is 9.25. The van der Waals surface area contributed by atoms with Gasteiger partial charge >= 0.3 is 29.8 Å². The quantitative estimate of drug-likeness (QED) is 0.448. The minimum absolute atomic E-state index is 0. The van der Waals surface area contributed by atoms with E-state index in [0.29, 0.717) is 0 Å². The van der Waals surface area contributed by atoms with Crippen LogP contribution in [0.25, 0.3) is 0 Å². The normalized spacial score (nSPS) is 4.88. The van der Waals surface area contributed by atoms with Crippen molar-refractivity contribution in [3.8, 4) is 0 Å². The van der Waals surface area contributed by atoms with Crippen molar-refractivity contribution in [2.45, 2.75) is 5.52 Å². The van der Waals surface area contributed by atoms with Crippen molar-refractivity contribution in [1.82, 2.24) is 0 Å². The summed E-state index contributed by atoms with van der Waals surface area (Å²) in [5, 5.41) is 7.60. The van der Waals surface area contributed by atoms with E-state index in [-0.39, 0.29) is 24.0 Å². The van der Waals surface area contributed by atoms with Gasteiger partial charge in [-0.25, -0.2) is 4.79 Å². The predicted octanol–water partition coefficient (Wildman–Crippen LogP) is 1.46. The molecule has 0 aliphatic heterocycles. The third kappa shape index (κ3) is 30.9. The van der Waals surface area contributed by atoms with Crippen molar-refractivity contribution >= 4 is 29.9 Å². The first-order valence-electron chi connectivity index (χ1n) is 1.83. The van der Waals surface area contributed by atoms with Crippen LogP contribution < -0.4 is 0 Å². The average Bonchev–Trinajstić information content (AvgIpc) is 1.73. The Morgan fingerprint density at radius 3 is 1.88 bits per heavy atom. The zero-order chi connectivity index (χ0) is 6.28. The van der Waals surface area contributed by atoms with Crippen LogP contribution in [-0.2, 0) is 23.1 Å². The molecule has 0 atom stereocenters. The fraction of sp³-hybridized carbons (Fsp3) is 0.250. The summed E-state index contributed by atoms with van der Waals surface area (Å²) in [4.78, 5) is 9.25. The molecule has 0 heterocycles. The molecule has 0 saturated heterocycles. The van der Waals surface area contributed by atoms with Crippen LogP contribution in [0.15, 0.2) is 12.7 Å². The molecule has 0 unspecified atom stereocenters. The van der Waals surface area contributed by atoms with E-state index >= 15 is 0 Å². The monoisotopic (exact) mass is 279 g/mol. The summed E-state index contributed by atoms with van der Waals surface area (Å²) < 4.78 is 0. The molecule has 8 heavy (non-hydrogen) atoms. The molecule has 1 N–H and O–H groups in total. The van der Waals surface area contributed by atoms with Gasteiger partial charge in [-0.2, -0.15) is 0 Å². The first-order chi connectivity index (χ1) is 3.27. The fourth-order valence-corrected chi connectivity index (χ4v) is 0. The van der Waals surface area contributed by atoms with Crippen LogP contribution in [0.1, 0.15) is 0 Å². The number of carbonyl (C=O) groups is 1. The van der Waals surface area contributed by atoms with Crippen molar-refractivity contribution in [3.63, 3.8) is 0 Å². The van der Waals surface area contributed by atoms with Gasteiger partial charge in [0.25, 0.3) is 0 Å². The Bertz CT molecular complexity index is 65.1. The van der Waals surface area contributed by atoms with Gasteiger partial charge in [-0.1, -0.05) is 6.58 Å². The van der Waals surface area contributed by atoms with Crippen LogP contribution in [-0.4, -0.2) is 11.1 Å². The number of carboxylic acid groups (broad SMARTS) is 1. The SMILES string of the molecule is C=CC(=O)O.I.[CH3][Zn]. The third-order valence-electron chi connectivity index (χ3n) is 0.175. The van der Waals surface area contributed by atoms with E-state index in [2.05, 4.69) is 12.1 Å². The molecule has 0 aliphatic carbocycles. The van der Waals surface area contributed by atoms with Crippen LogP contribution >= 0.6 is 24.0 Å². The molecule has 0 radical (unpaired) electrons. The molecule has 0 amide bonds. The van der Waals surface area contributed by atoms with E-state index < -0.39 is 5.97 Å². The summed E-state index contributed by atoms with van der Waals surface area (Å²) in [6.07, 6.45) is 0.833. The van der Waals surface area contributed by atoms with Crippen LogP contribution in [0, 0.1) is 0 Å². The Morgan fingerprint density at radius 1 is 1.75 bits per heavy atom. The summed E-state index contributed by atoms with van der Waals surface area (Å²) in [6.45, 7) is 2.96. The molecule has 0 aromatic rings. The fourth-order valence-electron chi connectivity index (χ4n) is 0. The zero-order valence-corrected chi connectivity index (χ0v) is 10.1. The zero-order valence-electron chi connectivity index (χ0n) is 4.76. The van der Waals surface area contributed by atoms with E-state index in [1.165, 1.54) is 18.3 Å². The summed E-state index contributed by atoms with van der Waals surface area (Å²) in [5.41, 5.74) is 2.12. The van der Waals surface area contributed by atoms with E-state index in [1.54, 1.807) is 0 Å². The molecule has 2 nitrogen and oxygen atoms in total. The van der Waals surface area contributed by atoms with Gasteiger partial charge in [-0.15, -0.1) is 24.0 Å². The summed E-state index contributed by atoms with van der Waals surface area (Å²) in [7, 11) is 0. The Labute approximate surface area is 76.0 Å². The first-order valence-corrected chi connectivity index (χ1v) is 4.80. The third-order valence-corrected chi connectivity index (χ3v) is 0.175. The second kappa shape index (κ2) is 15.6. The van der Waals surface area contributed by atoms with Crippen LogP contribution in [0.2, 0.25) is 5.52 Å². The Morgan fingerprint density at radius 2 is 1.88 bits per heavy atom. The molecular formula is C4H8IO2Zn. The molecule has 0 saturated carbocycles. The molecule has 0 spiro atoms. The molecular weight excluding hydrogens is 272 g/mol. The van der Waals surface area contributed by atoms with Gasteiger partial charge in [-0.3, -0.25) is 0 Å². The minimum atomic E-state index is -0.981. The molecule has 0 bridgehead atoms. The topological polar surface area (TPSA) is 37.3 Å². The molecule has 0 rings (SSSR count). The number of carboxylic acids is 1. The van der Waals surface area contributed by atoms with Gasteiger partial charge in [0.2, 0.25) is 0 Å². The first kappa shape index (κ1) is 15.8. The van der Waals surface area contributed by atoms with Crippen molar-refractivity contribution in [2.75, 3.05) is 0 Å². The predicted molar refractivity (Wildman–Crippen MR) is 39.1 cm³/mol. The molecule has 4 heteroatoms. The van der Waals surface area contributed by atoms with Gasteiger partial charge in [-0.05, 0) is 0 Å². The standard InChI is InChI=1S/C3H4O2.CH3.HI.Zn/c1-2-3(4)5;;;/h2H,1H2,(H,4,5);1H3;1H;. The second-order valence-corrected chi connectivity index (χ2v) is 0.542. The summed E-state index contributed by atoms with van der Waals surface area (Å²) in [6, 6.07) is 0. The summed E-state index contributed by atoms with van der Waals surface area (Å²) in [5.74, 6) is -0.981. The number of rotatable bonds is 1. The molecule has 0 aliphatic rings. The number of halogens is 1. The van der Waals surface area contributed by atoms with Crippen molar-refractivity contribution < 1.29 is 28.2 Å². The van der Waals surface area contributed by atoms with Gasteiger partial charge in [0.05, 0.1) is 0 Å². The average molecular weight is 280 g/mol. The van der Waals surface area contributed by atoms with Crippen molar-refractivity contribution in [2.24, 2.45) is 0 Å². The van der Waals surface area contributed by atoms with Gasteiger partial charge < -0.3 is 5.11 Å². The maximum atomic E-state index is 9.25. The second-order valence-electron chi connectivity index (χ2n) is 0.542. The van der Waals surface area contributed by atoms with Gasteiger partial charge in [0.1, 0.15) is 0 Å². The number of aliphatic carboxylic acids is 1. The van der Waals surface area contributed by atoms with Crippen LogP contribution in [0.4, 0.5) is 0 Å². The van der Waals surface area contributed by atoms with Gasteiger partial charge in [0.15, 0.2) is 0 Å². The molecule has 0 fully saturated rings. The van der Waals surface area contributed by atoms with E-state index in [9.17, 15) is 4.79 Å². The Kier molecular flexibility index (Phi) is 31.0. The molecule has 45 valence electrons. The van der Waals surface area contributed by atoms with Crippen molar-refractivity contribution in [1.29, 1.82) is 0 Å². The molecule has 0 aromatic carbocycles.